The van der Waals surface area contributed by atoms with Gasteiger partial charge in [0.1, 0.15) is 5.01 Å². The number of rotatable bonds is 5. The lowest BCUT2D eigenvalue weighted by Crippen LogP contribution is -2.36. The zero-order valence-corrected chi connectivity index (χ0v) is 15.9. The number of amides is 1. The number of nitrogens with one attached hydrogen (secondary N) is 1. The van der Waals surface area contributed by atoms with E-state index in [1.54, 1.807) is 6.92 Å². The maximum Gasteiger partial charge on any atom is 0.254 e. The Morgan fingerprint density at radius 1 is 1.31 bits per heavy atom. The molecule has 2 heterocycles. The van der Waals surface area contributed by atoms with Crippen LogP contribution in [0.4, 0.5) is 0 Å². The Labute approximate surface area is 156 Å². The molecule has 2 unspecified atom stereocenters. The number of sulfonamides is 1. The first-order valence-corrected chi connectivity index (χ1v) is 10.6. The van der Waals surface area contributed by atoms with E-state index in [4.69, 9.17) is 0 Å². The molecule has 136 valence electrons. The largest absolute Gasteiger partial charge is 0.349 e. The van der Waals surface area contributed by atoms with Crippen LogP contribution in [0.2, 0.25) is 0 Å². The van der Waals surface area contributed by atoms with Crippen LogP contribution in [-0.4, -0.2) is 42.7 Å². The van der Waals surface area contributed by atoms with Gasteiger partial charge in [-0.1, -0.05) is 36.9 Å². The Hall–Kier alpha value is -2.03. The molecule has 1 aromatic carbocycles. The van der Waals surface area contributed by atoms with E-state index in [2.05, 4.69) is 16.9 Å². The summed E-state index contributed by atoms with van der Waals surface area (Å²) in [5.41, 5.74) is 1.45. The van der Waals surface area contributed by atoms with Crippen molar-refractivity contribution in [3.05, 3.63) is 48.7 Å². The number of nitrogens with zero attached hydrogens (tertiary/aromatic N) is 2. The predicted octanol–water partition coefficient (Wildman–Crippen LogP) is 2.04. The second kappa shape index (κ2) is 6.29. The molecule has 1 aromatic heterocycles. The number of piperidine rings is 1. The molecule has 2 atom stereocenters. The molecule has 2 aromatic rings. The van der Waals surface area contributed by atoms with Crippen LogP contribution in [0.25, 0.3) is 10.6 Å². The Kier molecular flexibility index (Phi) is 4.21. The summed E-state index contributed by atoms with van der Waals surface area (Å²) in [5.74, 6) is 0.176. The van der Waals surface area contributed by atoms with Crippen molar-refractivity contribution in [2.24, 2.45) is 11.8 Å². The maximum atomic E-state index is 13.0. The number of carbonyl (C=O) groups excluding carboxylic acids is 1. The molecule has 0 bridgehead atoms. The van der Waals surface area contributed by atoms with E-state index >= 15 is 0 Å². The Morgan fingerprint density at radius 2 is 1.96 bits per heavy atom. The van der Waals surface area contributed by atoms with Crippen molar-refractivity contribution in [1.29, 1.82) is 0 Å². The minimum Gasteiger partial charge on any atom is -0.349 e. The molecular weight excluding hydrogens is 370 g/mol. The highest BCUT2D eigenvalue weighted by molar-refractivity contribution is 7.91. The van der Waals surface area contributed by atoms with Crippen LogP contribution in [0.1, 0.15) is 5.69 Å². The lowest BCUT2D eigenvalue weighted by molar-refractivity contribution is -0.116. The van der Waals surface area contributed by atoms with Crippen molar-refractivity contribution < 1.29 is 13.2 Å². The van der Waals surface area contributed by atoms with Crippen LogP contribution >= 0.6 is 11.3 Å². The van der Waals surface area contributed by atoms with Gasteiger partial charge < -0.3 is 5.32 Å². The zero-order chi connectivity index (χ0) is 18.5. The van der Waals surface area contributed by atoms with Crippen molar-refractivity contribution in [3.63, 3.8) is 0 Å². The topological polar surface area (TPSA) is 79.4 Å². The summed E-state index contributed by atoms with van der Waals surface area (Å²) in [6.45, 7) is 6.05. The number of aryl methyl sites for hydroxylation is 1. The van der Waals surface area contributed by atoms with E-state index < -0.39 is 10.0 Å². The molecule has 1 N–H and O–H groups in total. The van der Waals surface area contributed by atoms with Gasteiger partial charge in [-0.05, 0) is 24.8 Å². The van der Waals surface area contributed by atoms with Crippen LogP contribution in [-0.2, 0) is 14.8 Å². The van der Waals surface area contributed by atoms with Crippen LogP contribution in [0.3, 0.4) is 0 Å². The van der Waals surface area contributed by atoms with Crippen molar-refractivity contribution in [2.75, 3.05) is 13.1 Å². The van der Waals surface area contributed by atoms with E-state index in [0.29, 0.717) is 28.0 Å². The maximum absolute atomic E-state index is 13.0. The molecule has 2 aliphatic rings. The molecule has 1 amide bonds. The van der Waals surface area contributed by atoms with Crippen LogP contribution in [0.15, 0.2) is 47.2 Å². The molecule has 26 heavy (non-hydrogen) atoms. The number of fused-ring (bicyclic) bond motifs is 1. The summed E-state index contributed by atoms with van der Waals surface area (Å²) in [6.07, 6.45) is 1.24. The quantitative estimate of drug-likeness (QED) is 0.794. The minimum atomic E-state index is -3.56. The molecule has 0 radical (unpaired) electrons. The molecule has 2 fully saturated rings. The third-order valence-electron chi connectivity index (χ3n) is 5.00. The smallest absolute Gasteiger partial charge is 0.254 e. The van der Waals surface area contributed by atoms with E-state index in [9.17, 15) is 13.2 Å². The number of hydrogen-bond donors (Lipinski definition) is 1. The van der Waals surface area contributed by atoms with E-state index in [-0.39, 0.29) is 23.8 Å². The third kappa shape index (κ3) is 2.87. The average molecular weight is 390 g/mol. The highest BCUT2D eigenvalue weighted by Crippen LogP contribution is 2.47. The van der Waals surface area contributed by atoms with E-state index in [0.717, 1.165) is 5.56 Å². The zero-order valence-electron chi connectivity index (χ0n) is 14.3. The Morgan fingerprint density at radius 3 is 2.58 bits per heavy atom. The standard InChI is InChI=1S/C18H19N3O3S2/c1-3-15(22)20-16-13-9-21(10-14(13)16)26(23,24)18-11(2)19-17(25-18)12-7-5-4-6-8-12/h3-8,13-14,16H,1,9-10H2,2H3,(H,20,22). The summed E-state index contributed by atoms with van der Waals surface area (Å²) in [6, 6.07) is 9.64. The molecule has 8 heteroatoms. The third-order valence-corrected chi connectivity index (χ3v) is 8.63. The summed E-state index contributed by atoms with van der Waals surface area (Å²) in [7, 11) is -3.56. The van der Waals surface area contributed by atoms with Crippen molar-refractivity contribution in [1.82, 2.24) is 14.6 Å². The van der Waals surface area contributed by atoms with Crippen LogP contribution < -0.4 is 5.32 Å². The fraction of sp³-hybridized carbons (Fsp3) is 0.333. The summed E-state index contributed by atoms with van der Waals surface area (Å²) < 4.78 is 27.9. The van der Waals surface area contributed by atoms with Gasteiger partial charge in [-0.25, -0.2) is 13.4 Å². The van der Waals surface area contributed by atoms with Crippen LogP contribution in [0, 0.1) is 18.8 Å². The predicted molar refractivity (Wildman–Crippen MR) is 100 cm³/mol. The summed E-state index contributed by atoms with van der Waals surface area (Å²) >= 11 is 1.21. The minimum absolute atomic E-state index is 0.0642. The van der Waals surface area contributed by atoms with Crippen molar-refractivity contribution in [2.45, 2.75) is 17.2 Å². The van der Waals surface area contributed by atoms with Gasteiger partial charge >= 0.3 is 0 Å². The average Bonchev–Trinajstić information content (AvgIpc) is 3.00. The summed E-state index contributed by atoms with van der Waals surface area (Å²) in [5, 5.41) is 3.58. The fourth-order valence-corrected chi connectivity index (χ4v) is 6.73. The monoisotopic (exact) mass is 389 g/mol. The highest BCUT2D eigenvalue weighted by atomic mass is 32.2. The number of aromatic nitrogens is 1. The van der Waals surface area contributed by atoms with Gasteiger partial charge in [-0.15, -0.1) is 11.3 Å². The lowest BCUT2D eigenvalue weighted by atomic mass is 10.2. The van der Waals surface area contributed by atoms with E-state index in [1.807, 2.05) is 30.3 Å². The van der Waals surface area contributed by atoms with Gasteiger partial charge in [-0.3, -0.25) is 4.79 Å². The van der Waals surface area contributed by atoms with Gasteiger partial charge in [0.25, 0.3) is 10.0 Å². The van der Waals surface area contributed by atoms with Crippen LogP contribution in [0.5, 0.6) is 0 Å². The first kappa shape index (κ1) is 17.4. The molecule has 1 saturated carbocycles. The molecule has 1 aliphatic heterocycles. The number of benzene rings is 1. The van der Waals surface area contributed by atoms with Gasteiger partial charge in [0.05, 0.1) is 5.69 Å². The number of hydrogen-bond acceptors (Lipinski definition) is 5. The Balaban J connectivity index is 1.52. The Bertz CT molecular complexity index is 957. The second-order valence-electron chi connectivity index (χ2n) is 6.65. The highest BCUT2D eigenvalue weighted by Gasteiger charge is 2.58. The van der Waals surface area contributed by atoms with Gasteiger partial charge in [0, 0.05) is 24.7 Å². The second-order valence-corrected chi connectivity index (χ2v) is 9.78. The first-order chi connectivity index (χ1) is 12.4. The fourth-order valence-electron chi connectivity index (χ4n) is 3.56. The van der Waals surface area contributed by atoms with Gasteiger partial charge in [0.15, 0.2) is 4.21 Å². The van der Waals surface area contributed by atoms with Gasteiger partial charge in [0.2, 0.25) is 5.91 Å². The van der Waals surface area contributed by atoms with Crippen molar-refractivity contribution >= 4 is 27.3 Å². The summed E-state index contributed by atoms with van der Waals surface area (Å²) in [4.78, 5) is 15.9. The lowest BCUT2D eigenvalue weighted by Gasteiger charge is -2.19. The molecule has 4 rings (SSSR count). The normalized spacial score (nSPS) is 24.9. The number of carbonyl (C=O) groups is 1. The van der Waals surface area contributed by atoms with Crippen molar-refractivity contribution in [3.8, 4) is 10.6 Å². The first-order valence-electron chi connectivity index (χ1n) is 8.37. The SMILES string of the molecule is C=CC(=O)NC1C2CN(S(=O)(=O)c3sc(-c4ccccc4)nc3C)CC21. The molecular formula is C18H19N3O3S2. The molecule has 0 spiro atoms. The molecule has 1 saturated heterocycles. The number of thiazole rings is 1. The molecule has 6 nitrogen and oxygen atoms in total. The molecule has 1 aliphatic carbocycles. The van der Waals surface area contributed by atoms with Gasteiger partial charge in [-0.2, -0.15) is 4.31 Å². The van der Waals surface area contributed by atoms with E-state index in [1.165, 1.54) is 21.7 Å².